The van der Waals surface area contributed by atoms with E-state index in [1.807, 2.05) is 0 Å². The smallest absolute Gasteiger partial charge is 0.229 e. The summed E-state index contributed by atoms with van der Waals surface area (Å²) in [5, 5.41) is 2.70. The number of rotatable bonds is 5. The highest BCUT2D eigenvalue weighted by atomic mass is 16.2. The Morgan fingerprint density at radius 3 is 2.47 bits per heavy atom. The van der Waals surface area contributed by atoms with Gasteiger partial charge in [-0.2, -0.15) is 0 Å². The van der Waals surface area contributed by atoms with Crippen LogP contribution in [0, 0.1) is 0 Å². The minimum absolute atomic E-state index is 0.00549. The van der Waals surface area contributed by atoms with E-state index < -0.39 is 0 Å². The summed E-state index contributed by atoms with van der Waals surface area (Å²) in [5.41, 5.74) is 0. The average Bonchev–Trinajstić information content (AvgIpc) is 2.54. The molecule has 84 valence electrons. The van der Waals surface area contributed by atoms with Gasteiger partial charge in [0.25, 0.3) is 0 Å². The molecule has 0 radical (unpaired) electrons. The van der Waals surface area contributed by atoms with Gasteiger partial charge < -0.3 is 5.32 Å². The zero-order valence-corrected chi connectivity index (χ0v) is 8.91. The number of carbonyl (C=O) groups is 3. The SMILES string of the molecule is CCC(=O)NCCCN1C(=O)CCC1=O. The molecular formula is C10H16N2O3. The standard InChI is InChI=1S/C10H16N2O3/c1-2-8(13)11-6-3-7-12-9(14)4-5-10(12)15/h2-7H2,1H3,(H,11,13). The molecule has 0 aromatic rings. The Hall–Kier alpha value is -1.39. The summed E-state index contributed by atoms with van der Waals surface area (Å²) in [7, 11) is 0. The predicted octanol–water partition coefficient (Wildman–Crippen LogP) is 0.0517. The highest BCUT2D eigenvalue weighted by Gasteiger charge is 2.27. The fourth-order valence-corrected chi connectivity index (χ4v) is 1.46. The van der Waals surface area contributed by atoms with Crippen LogP contribution in [0.5, 0.6) is 0 Å². The molecule has 1 aliphatic rings. The van der Waals surface area contributed by atoms with Crippen LogP contribution in [-0.2, 0) is 14.4 Å². The maximum Gasteiger partial charge on any atom is 0.229 e. The second kappa shape index (κ2) is 5.48. The quantitative estimate of drug-likeness (QED) is 0.517. The van der Waals surface area contributed by atoms with Crippen molar-refractivity contribution < 1.29 is 14.4 Å². The number of nitrogens with zero attached hydrogens (tertiary/aromatic N) is 1. The molecule has 0 bridgehead atoms. The van der Waals surface area contributed by atoms with Crippen molar-refractivity contribution in [1.29, 1.82) is 0 Å². The Morgan fingerprint density at radius 2 is 1.93 bits per heavy atom. The summed E-state index contributed by atoms with van der Waals surface area (Å²) < 4.78 is 0. The third kappa shape index (κ3) is 3.34. The molecular weight excluding hydrogens is 196 g/mol. The molecule has 0 aliphatic carbocycles. The van der Waals surface area contributed by atoms with E-state index in [1.54, 1.807) is 6.92 Å². The van der Waals surface area contributed by atoms with Gasteiger partial charge in [-0.15, -0.1) is 0 Å². The number of amides is 3. The minimum atomic E-state index is -0.0955. The number of imide groups is 1. The number of likely N-dealkylation sites (tertiary alicyclic amines) is 1. The number of nitrogens with one attached hydrogen (secondary N) is 1. The van der Waals surface area contributed by atoms with E-state index in [9.17, 15) is 14.4 Å². The van der Waals surface area contributed by atoms with Crippen molar-refractivity contribution in [3.05, 3.63) is 0 Å². The van der Waals surface area contributed by atoms with Gasteiger partial charge in [0, 0.05) is 32.4 Å². The van der Waals surface area contributed by atoms with Gasteiger partial charge in [0.05, 0.1) is 0 Å². The van der Waals surface area contributed by atoms with Crippen LogP contribution in [0.1, 0.15) is 32.6 Å². The van der Waals surface area contributed by atoms with Gasteiger partial charge in [0.15, 0.2) is 0 Å². The fraction of sp³-hybridized carbons (Fsp3) is 0.700. The van der Waals surface area contributed by atoms with Gasteiger partial charge in [-0.25, -0.2) is 0 Å². The second-order valence-corrected chi connectivity index (χ2v) is 3.50. The normalized spacial score (nSPS) is 15.9. The average molecular weight is 212 g/mol. The summed E-state index contributed by atoms with van der Waals surface area (Å²) >= 11 is 0. The van der Waals surface area contributed by atoms with Crippen LogP contribution in [0.2, 0.25) is 0 Å². The third-order valence-electron chi connectivity index (χ3n) is 2.36. The van der Waals surface area contributed by atoms with Gasteiger partial charge >= 0.3 is 0 Å². The van der Waals surface area contributed by atoms with E-state index in [0.717, 1.165) is 0 Å². The summed E-state index contributed by atoms with van der Waals surface area (Å²) in [4.78, 5) is 34.5. The van der Waals surface area contributed by atoms with Crippen molar-refractivity contribution in [3.63, 3.8) is 0 Å². The molecule has 0 spiro atoms. The molecule has 5 heteroatoms. The highest BCUT2D eigenvalue weighted by Crippen LogP contribution is 2.11. The van der Waals surface area contributed by atoms with Crippen molar-refractivity contribution in [2.24, 2.45) is 0 Å². The summed E-state index contributed by atoms with van der Waals surface area (Å²) in [6.07, 6.45) is 1.76. The van der Waals surface area contributed by atoms with Crippen molar-refractivity contribution in [1.82, 2.24) is 10.2 Å². The molecule has 0 aromatic carbocycles. The monoisotopic (exact) mass is 212 g/mol. The summed E-state index contributed by atoms with van der Waals surface area (Å²) in [6, 6.07) is 0. The van der Waals surface area contributed by atoms with E-state index in [1.165, 1.54) is 4.90 Å². The van der Waals surface area contributed by atoms with E-state index in [4.69, 9.17) is 0 Å². The minimum Gasteiger partial charge on any atom is -0.356 e. The molecule has 0 aromatic heterocycles. The fourth-order valence-electron chi connectivity index (χ4n) is 1.46. The van der Waals surface area contributed by atoms with Gasteiger partial charge in [0.1, 0.15) is 0 Å². The van der Waals surface area contributed by atoms with E-state index in [-0.39, 0.29) is 17.7 Å². The lowest BCUT2D eigenvalue weighted by atomic mass is 10.3. The van der Waals surface area contributed by atoms with E-state index in [0.29, 0.717) is 38.8 Å². The molecule has 0 unspecified atom stereocenters. The van der Waals surface area contributed by atoms with Crippen LogP contribution >= 0.6 is 0 Å². The lowest BCUT2D eigenvalue weighted by Gasteiger charge is -2.13. The van der Waals surface area contributed by atoms with Gasteiger partial charge in [-0.05, 0) is 6.42 Å². The van der Waals surface area contributed by atoms with Crippen LogP contribution in [0.15, 0.2) is 0 Å². The molecule has 0 saturated carbocycles. The predicted molar refractivity (Wildman–Crippen MR) is 53.9 cm³/mol. The topological polar surface area (TPSA) is 66.5 Å². The Balaban J connectivity index is 2.17. The van der Waals surface area contributed by atoms with E-state index >= 15 is 0 Å². The molecule has 3 amide bonds. The van der Waals surface area contributed by atoms with Gasteiger partial charge in [-0.3, -0.25) is 19.3 Å². The Kier molecular flexibility index (Phi) is 4.27. The van der Waals surface area contributed by atoms with Gasteiger partial charge in [0.2, 0.25) is 17.7 Å². The molecule has 5 nitrogen and oxygen atoms in total. The van der Waals surface area contributed by atoms with Crippen LogP contribution in [0.3, 0.4) is 0 Å². The lowest BCUT2D eigenvalue weighted by molar-refractivity contribution is -0.138. The van der Waals surface area contributed by atoms with Crippen molar-refractivity contribution in [3.8, 4) is 0 Å². The first-order valence-electron chi connectivity index (χ1n) is 5.25. The van der Waals surface area contributed by atoms with Crippen LogP contribution in [0.25, 0.3) is 0 Å². The molecule has 1 N–H and O–H groups in total. The summed E-state index contributed by atoms with van der Waals surface area (Å²) in [5.74, 6) is -0.197. The largest absolute Gasteiger partial charge is 0.356 e. The zero-order valence-electron chi connectivity index (χ0n) is 8.91. The zero-order chi connectivity index (χ0) is 11.3. The molecule has 0 atom stereocenters. The highest BCUT2D eigenvalue weighted by molar-refractivity contribution is 6.01. The van der Waals surface area contributed by atoms with Gasteiger partial charge in [-0.1, -0.05) is 6.92 Å². The van der Waals surface area contributed by atoms with Crippen LogP contribution in [-0.4, -0.2) is 35.7 Å². The first-order chi connectivity index (χ1) is 7.15. The second-order valence-electron chi connectivity index (χ2n) is 3.50. The Labute approximate surface area is 88.8 Å². The van der Waals surface area contributed by atoms with E-state index in [2.05, 4.69) is 5.32 Å². The van der Waals surface area contributed by atoms with Crippen molar-refractivity contribution in [2.75, 3.05) is 13.1 Å². The summed E-state index contributed by atoms with van der Waals surface area (Å²) in [6.45, 7) is 2.72. The number of hydrogen-bond acceptors (Lipinski definition) is 3. The van der Waals surface area contributed by atoms with Crippen molar-refractivity contribution in [2.45, 2.75) is 32.6 Å². The molecule has 1 rings (SSSR count). The van der Waals surface area contributed by atoms with Crippen LogP contribution < -0.4 is 5.32 Å². The molecule has 1 fully saturated rings. The maximum absolute atomic E-state index is 11.2. The molecule has 1 aliphatic heterocycles. The van der Waals surface area contributed by atoms with Crippen molar-refractivity contribution >= 4 is 17.7 Å². The molecule has 1 saturated heterocycles. The van der Waals surface area contributed by atoms with Crippen LogP contribution in [0.4, 0.5) is 0 Å². The molecule has 15 heavy (non-hydrogen) atoms. The Morgan fingerprint density at radius 1 is 1.33 bits per heavy atom. The number of carbonyl (C=O) groups excluding carboxylic acids is 3. The maximum atomic E-state index is 11.2. The Bertz CT molecular complexity index is 260. The number of hydrogen-bond donors (Lipinski definition) is 1. The first-order valence-corrected chi connectivity index (χ1v) is 5.25. The first kappa shape index (κ1) is 11.7. The third-order valence-corrected chi connectivity index (χ3v) is 2.36. The molecule has 1 heterocycles. The lowest BCUT2D eigenvalue weighted by Crippen LogP contribution is -2.33.